The molecule has 0 N–H and O–H groups in total. The number of carbonyl (C=O) groups excluding carboxylic acids is 2. The third kappa shape index (κ3) is 2.76. The molecule has 112 valence electrons. The molecule has 0 aromatic carbocycles. The van der Waals surface area contributed by atoms with E-state index in [9.17, 15) is 9.59 Å². The van der Waals surface area contributed by atoms with Crippen molar-refractivity contribution in [1.82, 2.24) is 4.57 Å². The van der Waals surface area contributed by atoms with Crippen LogP contribution in [0.15, 0.2) is 17.5 Å². The predicted octanol–water partition coefficient (Wildman–Crippen LogP) is 3.75. The summed E-state index contributed by atoms with van der Waals surface area (Å²) in [4.78, 5) is 24.5. The molecule has 0 spiro atoms. The van der Waals surface area contributed by atoms with Gasteiger partial charge >= 0.3 is 5.97 Å². The fourth-order valence-electron chi connectivity index (χ4n) is 2.32. The van der Waals surface area contributed by atoms with Crippen molar-refractivity contribution in [1.29, 1.82) is 0 Å². The predicted molar refractivity (Wildman–Crippen MR) is 84.1 cm³/mol. The van der Waals surface area contributed by atoms with Crippen LogP contribution in [0.3, 0.4) is 0 Å². The molecule has 0 aliphatic carbocycles. The first-order valence-corrected chi connectivity index (χ1v) is 7.73. The molecule has 4 nitrogen and oxygen atoms in total. The van der Waals surface area contributed by atoms with Crippen LogP contribution in [0.2, 0.25) is 0 Å². The largest absolute Gasteiger partial charge is 0.465 e. The van der Waals surface area contributed by atoms with Gasteiger partial charge in [-0.15, -0.1) is 22.9 Å². The highest BCUT2D eigenvalue weighted by Gasteiger charge is 2.23. The molecule has 0 aliphatic rings. The van der Waals surface area contributed by atoms with E-state index in [1.165, 1.54) is 18.4 Å². The number of ether oxygens (including phenoxy) is 1. The number of aryl methyl sites for hydroxylation is 1. The standard InChI is InChI=1S/C15H16ClNO3S/c1-8-7-11(13(18)9(2)16)10(3)17(8)12-5-6-21-14(12)15(19)20-4/h5-7,9H,1-4H3. The minimum absolute atomic E-state index is 0.120. The van der Waals surface area contributed by atoms with Gasteiger partial charge in [-0.3, -0.25) is 4.79 Å². The lowest BCUT2D eigenvalue weighted by atomic mass is 10.1. The van der Waals surface area contributed by atoms with E-state index in [-0.39, 0.29) is 11.8 Å². The van der Waals surface area contributed by atoms with Gasteiger partial charge in [0.2, 0.25) is 0 Å². The molecule has 0 fully saturated rings. The molecule has 6 heteroatoms. The zero-order valence-electron chi connectivity index (χ0n) is 12.3. The number of nitrogens with zero attached hydrogens (tertiary/aromatic N) is 1. The van der Waals surface area contributed by atoms with Gasteiger partial charge in [0, 0.05) is 17.0 Å². The number of esters is 1. The molecule has 1 atom stereocenters. The maximum Gasteiger partial charge on any atom is 0.350 e. The highest BCUT2D eigenvalue weighted by atomic mass is 35.5. The lowest BCUT2D eigenvalue weighted by molar-refractivity contribution is 0.0606. The Hall–Kier alpha value is -1.59. The fourth-order valence-corrected chi connectivity index (χ4v) is 3.23. The van der Waals surface area contributed by atoms with Crippen LogP contribution in [0.25, 0.3) is 5.69 Å². The lowest BCUT2D eigenvalue weighted by Gasteiger charge is -2.10. The maximum atomic E-state index is 12.1. The van der Waals surface area contributed by atoms with E-state index in [4.69, 9.17) is 16.3 Å². The van der Waals surface area contributed by atoms with Crippen molar-refractivity contribution in [2.45, 2.75) is 26.1 Å². The van der Waals surface area contributed by atoms with Crippen molar-refractivity contribution in [2.75, 3.05) is 7.11 Å². The van der Waals surface area contributed by atoms with Gasteiger partial charge in [-0.05, 0) is 38.3 Å². The number of carbonyl (C=O) groups is 2. The average molecular weight is 326 g/mol. The van der Waals surface area contributed by atoms with E-state index >= 15 is 0 Å². The molecule has 0 amide bonds. The smallest absolute Gasteiger partial charge is 0.350 e. The number of methoxy groups -OCH3 is 1. The molecule has 0 saturated carbocycles. The van der Waals surface area contributed by atoms with Crippen molar-refractivity contribution in [2.24, 2.45) is 0 Å². The van der Waals surface area contributed by atoms with Crippen molar-refractivity contribution >= 4 is 34.7 Å². The number of thiophene rings is 1. The van der Waals surface area contributed by atoms with Crippen LogP contribution >= 0.6 is 22.9 Å². The summed E-state index contributed by atoms with van der Waals surface area (Å²) >= 11 is 7.21. The Bertz CT molecular complexity index is 700. The summed E-state index contributed by atoms with van der Waals surface area (Å²) in [7, 11) is 1.35. The number of aromatic nitrogens is 1. The molecule has 2 aromatic heterocycles. The Kier molecular flexibility index (Phi) is 4.54. The summed E-state index contributed by atoms with van der Waals surface area (Å²) < 4.78 is 6.68. The highest BCUT2D eigenvalue weighted by Crippen LogP contribution is 2.28. The summed E-state index contributed by atoms with van der Waals surface area (Å²) in [5, 5.41) is 1.24. The van der Waals surface area contributed by atoms with Gasteiger partial charge in [-0.25, -0.2) is 4.79 Å². The van der Waals surface area contributed by atoms with E-state index in [0.29, 0.717) is 10.4 Å². The molecular weight excluding hydrogens is 310 g/mol. The minimum atomic E-state index is -0.582. The molecule has 0 radical (unpaired) electrons. The molecule has 0 bridgehead atoms. The monoisotopic (exact) mass is 325 g/mol. The summed E-state index contributed by atoms with van der Waals surface area (Å²) in [6, 6.07) is 3.64. The van der Waals surface area contributed by atoms with Gasteiger partial charge in [0.25, 0.3) is 0 Å². The van der Waals surface area contributed by atoms with Gasteiger partial charge in [-0.2, -0.15) is 0 Å². The van der Waals surface area contributed by atoms with Crippen molar-refractivity contribution < 1.29 is 14.3 Å². The van der Waals surface area contributed by atoms with Crippen LogP contribution in [0.4, 0.5) is 0 Å². The zero-order valence-corrected chi connectivity index (χ0v) is 13.8. The molecule has 2 heterocycles. The highest BCUT2D eigenvalue weighted by molar-refractivity contribution is 7.12. The number of ketones is 1. The topological polar surface area (TPSA) is 48.3 Å². The summed E-state index contributed by atoms with van der Waals surface area (Å²) in [5.74, 6) is -0.503. The molecule has 21 heavy (non-hydrogen) atoms. The van der Waals surface area contributed by atoms with Crippen molar-refractivity contribution in [3.63, 3.8) is 0 Å². The molecular formula is C15H16ClNO3S. The number of hydrogen-bond acceptors (Lipinski definition) is 4. The van der Waals surface area contributed by atoms with Crippen molar-refractivity contribution in [3.8, 4) is 5.69 Å². The number of halogens is 1. The number of Topliss-reactive ketones (excluding diaryl/α,β-unsaturated/α-hetero) is 1. The van der Waals surface area contributed by atoms with Gasteiger partial charge < -0.3 is 9.30 Å². The second-order valence-electron chi connectivity index (χ2n) is 4.73. The maximum absolute atomic E-state index is 12.1. The van der Waals surface area contributed by atoms with Crippen LogP contribution in [0.1, 0.15) is 38.3 Å². The van der Waals surface area contributed by atoms with E-state index in [2.05, 4.69) is 0 Å². The fraction of sp³-hybridized carbons (Fsp3) is 0.333. The van der Waals surface area contributed by atoms with Crippen LogP contribution in [-0.2, 0) is 4.74 Å². The van der Waals surface area contributed by atoms with Crippen LogP contribution in [-0.4, -0.2) is 28.8 Å². The van der Waals surface area contributed by atoms with E-state index in [1.807, 2.05) is 29.9 Å². The van der Waals surface area contributed by atoms with Crippen LogP contribution in [0.5, 0.6) is 0 Å². The Morgan fingerprint density at radius 3 is 2.62 bits per heavy atom. The number of rotatable bonds is 4. The summed E-state index contributed by atoms with van der Waals surface area (Å²) in [6.07, 6.45) is 0. The third-order valence-corrected chi connectivity index (χ3v) is 4.40. The van der Waals surface area contributed by atoms with Gasteiger partial charge in [0.15, 0.2) is 5.78 Å². The van der Waals surface area contributed by atoms with Gasteiger partial charge in [0.1, 0.15) is 4.88 Å². The lowest BCUT2D eigenvalue weighted by Crippen LogP contribution is -2.12. The first kappa shape index (κ1) is 15.8. The number of hydrogen-bond donors (Lipinski definition) is 0. The summed E-state index contributed by atoms with van der Waals surface area (Å²) in [5.41, 5.74) is 2.95. The number of alkyl halides is 1. The summed E-state index contributed by atoms with van der Waals surface area (Å²) in [6.45, 7) is 5.39. The quantitative estimate of drug-likeness (QED) is 0.488. The Morgan fingerprint density at radius 2 is 2.05 bits per heavy atom. The normalized spacial score (nSPS) is 12.2. The zero-order chi connectivity index (χ0) is 15.7. The molecule has 1 unspecified atom stereocenters. The van der Waals surface area contributed by atoms with Crippen LogP contribution < -0.4 is 0 Å². The van der Waals surface area contributed by atoms with Gasteiger partial charge in [0.05, 0.1) is 18.2 Å². The molecule has 0 saturated heterocycles. The average Bonchev–Trinajstić information content (AvgIpc) is 3.01. The first-order valence-electron chi connectivity index (χ1n) is 6.41. The Morgan fingerprint density at radius 1 is 1.38 bits per heavy atom. The van der Waals surface area contributed by atoms with Gasteiger partial charge in [-0.1, -0.05) is 0 Å². The second-order valence-corrected chi connectivity index (χ2v) is 6.30. The first-order chi connectivity index (χ1) is 9.88. The van der Waals surface area contributed by atoms with E-state index in [1.54, 1.807) is 13.0 Å². The molecule has 0 aliphatic heterocycles. The molecule has 2 aromatic rings. The Balaban J connectivity index is 2.59. The van der Waals surface area contributed by atoms with Crippen LogP contribution in [0, 0.1) is 13.8 Å². The van der Waals surface area contributed by atoms with E-state index in [0.717, 1.165) is 17.1 Å². The Labute approximate surface area is 132 Å². The SMILES string of the molecule is COC(=O)c1sccc1-n1c(C)cc(C(=O)C(C)Cl)c1C. The van der Waals surface area contributed by atoms with Crippen molar-refractivity contribution in [3.05, 3.63) is 39.3 Å². The minimum Gasteiger partial charge on any atom is -0.465 e. The molecule has 2 rings (SSSR count). The second kappa shape index (κ2) is 6.03. The third-order valence-electron chi connectivity index (χ3n) is 3.31. The van der Waals surface area contributed by atoms with E-state index < -0.39 is 5.38 Å².